The molecule has 0 fully saturated rings. The molecule has 0 aromatic rings. The summed E-state index contributed by atoms with van der Waals surface area (Å²) >= 11 is 0. The van der Waals surface area contributed by atoms with E-state index in [1.54, 1.807) is 6.92 Å². The van der Waals surface area contributed by atoms with Gasteiger partial charge < -0.3 is 28.3 Å². The van der Waals surface area contributed by atoms with Gasteiger partial charge in [0.05, 0.1) is 0 Å². The Morgan fingerprint density at radius 3 is 1.06 bits per heavy atom. The summed E-state index contributed by atoms with van der Waals surface area (Å²) in [5.74, 6) is -0.495. The summed E-state index contributed by atoms with van der Waals surface area (Å²) in [6.07, 6.45) is -0.250. The third-order valence-corrected chi connectivity index (χ3v) is 0.321. The molecule has 0 heterocycles. The van der Waals surface area contributed by atoms with Crippen molar-refractivity contribution >= 4 is 12.0 Å². The van der Waals surface area contributed by atoms with Crippen molar-refractivity contribution in [2.24, 2.45) is 0 Å². The van der Waals surface area contributed by atoms with Crippen LogP contribution in [-0.4, -0.2) is 17.1 Å². The van der Waals surface area contributed by atoms with E-state index in [9.17, 15) is 4.79 Å². The Kier molecular flexibility index (Phi) is 146. The second kappa shape index (κ2) is 50.0. The van der Waals surface area contributed by atoms with E-state index in [0.29, 0.717) is 6.42 Å². The zero-order valence-corrected chi connectivity index (χ0v) is 24.5. The first-order valence-electron chi connectivity index (χ1n) is 3.40. The monoisotopic (exact) mass is 620 g/mol. The fraction of sp³-hybridized carbons (Fsp3) is 0.571. The molecule has 0 aliphatic carbocycles. The normalized spacial score (nSPS) is 4.65. The second-order valence-corrected chi connectivity index (χ2v) is 1.58. The molecule has 0 spiro atoms. The van der Waals surface area contributed by atoms with Crippen LogP contribution >= 0.6 is 0 Å². The third-order valence-electron chi connectivity index (χ3n) is 0.321. The molecule has 0 atom stereocenters. The van der Waals surface area contributed by atoms with Crippen molar-refractivity contribution in [3.63, 3.8) is 0 Å². The summed E-state index contributed by atoms with van der Waals surface area (Å²) in [6, 6.07) is 0. The van der Waals surface area contributed by atoms with Gasteiger partial charge in [-0.25, -0.2) is 0 Å². The molecule has 0 saturated carbocycles. The van der Waals surface area contributed by atoms with Crippen LogP contribution in [0.3, 0.4) is 0 Å². The second-order valence-electron chi connectivity index (χ2n) is 1.58. The zero-order valence-electron chi connectivity index (χ0n) is 10.3. The van der Waals surface area contributed by atoms with E-state index in [4.69, 9.17) is 21.4 Å². The number of carbonyl (C=O) groups excluding carboxylic acids is 1. The van der Waals surface area contributed by atoms with Crippen LogP contribution in [0, 0.1) is 6.92 Å². The first-order valence-corrected chi connectivity index (χ1v) is 3.40. The molecule has 89 valence electrons. The quantitative estimate of drug-likeness (QED) is 0.457. The molecule has 0 aliphatic heterocycles. The maximum absolute atomic E-state index is 9.48. The maximum atomic E-state index is 9.48. The van der Waals surface area contributed by atoms with Crippen LogP contribution in [-0.2, 0) is 168 Å². The molecular weight excluding hydrogens is 605 g/mol. The first kappa shape index (κ1) is 49.6. The van der Waals surface area contributed by atoms with Gasteiger partial charge in [-0.15, -0.1) is 0 Å². The number of carbonyl (C=O) groups is 2. The molecule has 5 nitrogen and oxygen atoms in total. The summed E-state index contributed by atoms with van der Waals surface area (Å²) in [7, 11) is 0. The first-order chi connectivity index (χ1) is 5.42. The number of nitrogens with one attached hydrogen (secondary N) is 2. The molecule has 17 heavy (non-hydrogen) atoms. The van der Waals surface area contributed by atoms with E-state index in [0.717, 1.165) is 6.42 Å². The Morgan fingerprint density at radius 2 is 1.06 bits per heavy atom. The van der Waals surface area contributed by atoms with E-state index in [-0.39, 0.29) is 164 Å². The van der Waals surface area contributed by atoms with Crippen LogP contribution in [0.2, 0.25) is 0 Å². The predicted molar refractivity (Wildman–Crippen MR) is 47.6 cm³/mol. The molecule has 10 heteroatoms. The Morgan fingerprint density at radius 1 is 1.00 bits per heavy atom. The molecule has 0 bridgehead atoms. The van der Waals surface area contributed by atoms with Gasteiger partial charge in [-0.05, 0) is 6.42 Å². The summed E-state index contributed by atoms with van der Waals surface area (Å²) < 4.78 is 0. The van der Waals surface area contributed by atoms with Crippen molar-refractivity contribution in [1.29, 1.82) is 0 Å². The summed E-state index contributed by atoms with van der Waals surface area (Å²) in [6.45, 7) is 7.16. The minimum atomic E-state index is -1.58. The number of carboxylic acid groups (broad SMARTS) is 1. The van der Waals surface area contributed by atoms with Gasteiger partial charge in [0.15, 0.2) is 0 Å². The van der Waals surface area contributed by atoms with Gasteiger partial charge in [-0.1, -0.05) is 13.8 Å². The Labute approximate surface area is 230 Å². The number of hydrogen-bond acceptors (Lipinski definition) is 2. The molecule has 0 aromatic carbocycles. The SMILES string of the molecule is CCC([NH-])=O.[CH2-]CC.[NH-]C(=O)O.[Y].[Y].[Y].[Y].[Y]. The standard InChI is InChI=1S/C3H7NO.C3H7.CH2NO2.5Y/c1-2-3(4)5;1-3-2;2-1(3)4;;;;;/h2H2,1H3,(H2,4,5);1,3H2,2H3;2H,(H,3,4);;;;;/q;2*-1;;;;;/p-1. The van der Waals surface area contributed by atoms with Crippen molar-refractivity contribution in [3.05, 3.63) is 18.4 Å². The number of rotatable bonds is 1. The van der Waals surface area contributed by atoms with Crippen molar-refractivity contribution in [2.75, 3.05) is 0 Å². The van der Waals surface area contributed by atoms with Gasteiger partial charge in [0.2, 0.25) is 6.09 Å². The molecule has 3 N–H and O–H groups in total. The molecular formula is C7H15N2O3Y5-3. The minimum Gasteiger partial charge on any atom is -0.668 e. The summed E-state index contributed by atoms with van der Waals surface area (Å²) in [4.78, 5) is 18.1. The third kappa shape index (κ3) is 172. The molecule has 0 unspecified atom stereocenters. The fourth-order valence-electron chi connectivity index (χ4n) is 0. The van der Waals surface area contributed by atoms with E-state index in [2.05, 4.69) is 6.92 Å². The van der Waals surface area contributed by atoms with Crippen LogP contribution in [0.1, 0.15) is 26.7 Å². The summed E-state index contributed by atoms with van der Waals surface area (Å²) in [5, 5.41) is 7.08. The van der Waals surface area contributed by atoms with Gasteiger partial charge >= 0.3 is 0 Å². The fourth-order valence-corrected chi connectivity index (χ4v) is 0. The van der Waals surface area contributed by atoms with Gasteiger partial charge in [0.25, 0.3) is 0 Å². The smallest absolute Gasteiger partial charge is 0.224 e. The van der Waals surface area contributed by atoms with Gasteiger partial charge in [-0.3, -0.25) is 4.79 Å². The van der Waals surface area contributed by atoms with Crippen LogP contribution in [0.25, 0.3) is 11.5 Å². The van der Waals surface area contributed by atoms with Crippen molar-refractivity contribution < 1.29 is 178 Å². The predicted octanol–water partition coefficient (Wildman–Crippen LogP) is 2.91. The largest absolute Gasteiger partial charge is 0.668 e. The molecule has 0 rings (SSSR count). The van der Waals surface area contributed by atoms with Crippen molar-refractivity contribution in [3.8, 4) is 0 Å². The molecule has 5 radical (unpaired) electrons. The average molecular weight is 620 g/mol. The topological polar surface area (TPSA) is 102 Å². The van der Waals surface area contributed by atoms with E-state index in [1.165, 1.54) is 0 Å². The van der Waals surface area contributed by atoms with Crippen LogP contribution in [0.5, 0.6) is 0 Å². The van der Waals surface area contributed by atoms with Gasteiger partial charge in [0, 0.05) is 169 Å². The van der Waals surface area contributed by atoms with Crippen LogP contribution in [0.4, 0.5) is 4.79 Å². The van der Waals surface area contributed by atoms with Crippen LogP contribution in [0.15, 0.2) is 0 Å². The molecule has 0 saturated heterocycles. The molecule has 0 aliphatic rings. The van der Waals surface area contributed by atoms with E-state index < -0.39 is 12.0 Å². The molecule has 0 aromatic heterocycles. The average Bonchev–Trinajstić information content (AvgIpc) is 1.88. The Bertz CT molecular complexity index is 126. The zero-order chi connectivity index (χ0) is 10.6. The number of amides is 2. The summed E-state index contributed by atoms with van der Waals surface area (Å²) in [5.41, 5.74) is 11.7. The van der Waals surface area contributed by atoms with Crippen molar-refractivity contribution in [2.45, 2.75) is 26.7 Å². The van der Waals surface area contributed by atoms with Crippen LogP contribution < -0.4 is 0 Å². The van der Waals surface area contributed by atoms with E-state index in [1.807, 2.05) is 6.92 Å². The van der Waals surface area contributed by atoms with Crippen molar-refractivity contribution in [1.82, 2.24) is 0 Å². The Balaban J connectivity index is -0.0000000106. The Hall–Kier alpha value is 4.26. The van der Waals surface area contributed by atoms with Gasteiger partial charge in [0.1, 0.15) is 0 Å². The number of hydrogen-bond donors (Lipinski definition) is 1. The maximum Gasteiger partial charge on any atom is 0.224 e. The molecule has 2 amide bonds. The van der Waals surface area contributed by atoms with Gasteiger partial charge in [-0.2, -0.15) is 6.42 Å². The van der Waals surface area contributed by atoms with E-state index >= 15 is 0 Å². The minimum absolute atomic E-state index is 0.